The van der Waals surface area contributed by atoms with Gasteiger partial charge < -0.3 is 5.32 Å². The van der Waals surface area contributed by atoms with E-state index in [0.29, 0.717) is 13.1 Å². The van der Waals surface area contributed by atoms with Crippen LogP contribution in [0.4, 0.5) is 11.5 Å². The molecule has 0 bridgehead atoms. The maximum absolute atomic E-state index is 10.5. The second kappa shape index (κ2) is 5.79. The lowest BCUT2D eigenvalue weighted by Gasteiger charge is -2.07. The molecule has 0 amide bonds. The van der Waals surface area contributed by atoms with E-state index in [9.17, 15) is 10.1 Å². The zero-order valence-corrected chi connectivity index (χ0v) is 11.8. The van der Waals surface area contributed by atoms with Crippen LogP contribution < -0.4 is 5.32 Å². The van der Waals surface area contributed by atoms with Crippen LogP contribution in [-0.4, -0.2) is 26.2 Å². The third-order valence-corrected chi connectivity index (χ3v) is 3.34. The molecule has 2 aromatic heterocycles. The summed E-state index contributed by atoms with van der Waals surface area (Å²) in [5.74, 6) is 0.766. The van der Waals surface area contributed by atoms with Crippen LogP contribution in [0.3, 0.4) is 0 Å². The molecule has 2 aromatic rings. The summed E-state index contributed by atoms with van der Waals surface area (Å²) < 4.78 is 2.48. The summed E-state index contributed by atoms with van der Waals surface area (Å²) in [6.45, 7) is 3.03. The summed E-state index contributed by atoms with van der Waals surface area (Å²) in [5.41, 5.74) is 0.900. The summed E-state index contributed by atoms with van der Waals surface area (Å²) in [4.78, 5) is 14.4. The second-order valence-corrected chi connectivity index (χ2v) is 4.76. The van der Waals surface area contributed by atoms with Gasteiger partial charge in [-0.05, 0) is 35.0 Å². The molecule has 7 nitrogen and oxygen atoms in total. The minimum absolute atomic E-state index is 0.00221. The summed E-state index contributed by atoms with van der Waals surface area (Å²) in [6.07, 6.45) is 2.64. The number of aryl methyl sites for hydroxylation is 1. The van der Waals surface area contributed by atoms with Crippen LogP contribution in [0.5, 0.6) is 0 Å². The molecule has 0 aromatic carbocycles. The molecule has 100 valence electrons. The fourth-order valence-electron chi connectivity index (χ4n) is 1.51. The Bertz CT molecular complexity index is 599. The van der Waals surface area contributed by atoms with Gasteiger partial charge in [0.25, 0.3) is 0 Å². The van der Waals surface area contributed by atoms with Crippen molar-refractivity contribution in [3.8, 4) is 0 Å². The van der Waals surface area contributed by atoms with Crippen molar-refractivity contribution in [3.63, 3.8) is 0 Å². The van der Waals surface area contributed by atoms with Gasteiger partial charge in [0.1, 0.15) is 18.2 Å². The van der Waals surface area contributed by atoms with Crippen LogP contribution >= 0.6 is 15.9 Å². The number of hydrogen-bond donors (Lipinski definition) is 1. The maximum atomic E-state index is 10.5. The first-order valence-corrected chi connectivity index (χ1v) is 6.39. The van der Waals surface area contributed by atoms with Gasteiger partial charge in [-0.2, -0.15) is 5.10 Å². The second-order valence-electron chi connectivity index (χ2n) is 3.91. The van der Waals surface area contributed by atoms with E-state index in [-0.39, 0.29) is 5.69 Å². The molecule has 2 rings (SSSR count). The fraction of sp³-hybridized carbons (Fsp3) is 0.273. The number of halogens is 1. The molecule has 0 fully saturated rings. The smallest absolute Gasteiger partial charge is 0.306 e. The standard InChI is InChI=1S/C11H12BrN5O2/c1-8-10(12)2-3-11(15-8)13-4-5-16-7-9(6-14-16)17(18)19/h2-3,6-7H,4-5H2,1H3,(H,13,15). The average Bonchev–Trinajstić information content (AvgIpc) is 2.83. The molecule has 1 N–H and O–H groups in total. The van der Waals surface area contributed by atoms with Crippen molar-refractivity contribution >= 4 is 27.4 Å². The van der Waals surface area contributed by atoms with Crippen molar-refractivity contribution in [3.05, 3.63) is 44.8 Å². The van der Waals surface area contributed by atoms with Crippen LogP contribution in [-0.2, 0) is 6.54 Å². The molecule has 0 saturated heterocycles. The Balaban J connectivity index is 1.88. The average molecular weight is 326 g/mol. The molecule has 19 heavy (non-hydrogen) atoms. The highest BCUT2D eigenvalue weighted by Gasteiger charge is 2.08. The number of nitrogens with one attached hydrogen (secondary N) is 1. The molecule has 2 heterocycles. The molecule has 0 atom stereocenters. The third kappa shape index (κ3) is 3.50. The van der Waals surface area contributed by atoms with Gasteiger partial charge in [-0.1, -0.05) is 0 Å². The lowest BCUT2D eigenvalue weighted by Crippen LogP contribution is -2.11. The van der Waals surface area contributed by atoms with E-state index in [0.717, 1.165) is 16.0 Å². The normalized spacial score (nSPS) is 10.4. The Kier molecular flexibility index (Phi) is 4.10. The van der Waals surface area contributed by atoms with Crippen molar-refractivity contribution in [2.24, 2.45) is 0 Å². The van der Waals surface area contributed by atoms with Gasteiger partial charge in [0.05, 0.1) is 17.2 Å². The highest BCUT2D eigenvalue weighted by atomic mass is 79.9. The number of nitro groups is 1. The van der Waals surface area contributed by atoms with Crippen LogP contribution in [0.15, 0.2) is 29.0 Å². The lowest BCUT2D eigenvalue weighted by atomic mass is 10.4. The number of pyridine rings is 1. The zero-order chi connectivity index (χ0) is 13.8. The lowest BCUT2D eigenvalue weighted by molar-refractivity contribution is -0.385. The van der Waals surface area contributed by atoms with E-state index in [1.54, 1.807) is 0 Å². The number of nitrogens with zero attached hydrogens (tertiary/aromatic N) is 4. The first-order chi connectivity index (χ1) is 9.06. The number of anilines is 1. The monoisotopic (exact) mass is 325 g/mol. The van der Waals surface area contributed by atoms with Gasteiger partial charge in [0, 0.05) is 11.0 Å². The minimum atomic E-state index is -0.462. The zero-order valence-electron chi connectivity index (χ0n) is 10.2. The van der Waals surface area contributed by atoms with E-state index in [1.807, 2.05) is 19.1 Å². The Morgan fingerprint density at radius 2 is 2.32 bits per heavy atom. The largest absolute Gasteiger partial charge is 0.368 e. The Hall–Kier alpha value is -1.96. The first kappa shape index (κ1) is 13.5. The third-order valence-electron chi connectivity index (χ3n) is 2.50. The van der Waals surface area contributed by atoms with Crippen LogP contribution in [0.1, 0.15) is 5.69 Å². The quantitative estimate of drug-likeness (QED) is 0.673. The van der Waals surface area contributed by atoms with Crippen molar-refractivity contribution in [1.82, 2.24) is 14.8 Å². The summed E-state index contributed by atoms with van der Waals surface area (Å²) in [7, 11) is 0. The minimum Gasteiger partial charge on any atom is -0.368 e. The molecule has 0 saturated carbocycles. The van der Waals surface area contributed by atoms with E-state index in [2.05, 4.69) is 31.3 Å². The van der Waals surface area contributed by atoms with Crippen LogP contribution in [0, 0.1) is 17.0 Å². The fourth-order valence-corrected chi connectivity index (χ4v) is 1.73. The summed E-state index contributed by atoms with van der Waals surface area (Å²) >= 11 is 3.38. The van der Waals surface area contributed by atoms with Crippen molar-refractivity contribution in [2.45, 2.75) is 13.5 Å². The van der Waals surface area contributed by atoms with Gasteiger partial charge in [-0.25, -0.2) is 4.98 Å². The molecule has 0 unspecified atom stereocenters. The molecule has 8 heteroatoms. The van der Waals surface area contributed by atoms with E-state index >= 15 is 0 Å². The molecule has 0 radical (unpaired) electrons. The van der Waals surface area contributed by atoms with Gasteiger partial charge in [-0.15, -0.1) is 0 Å². The highest BCUT2D eigenvalue weighted by Crippen LogP contribution is 2.16. The number of aromatic nitrogens is 3. The topological polar surface area (TPSA) is 85.9 Å². The maximum Gasteiger partial charge on any atom is 0.306 e. The number of rotatable bonds is 5. The van der Waals surface area contributed by atoms with Gasteiger partial charge in [0.2, 0.25) is 0 Å². The van der Waals surface area contributed by atoms with E-state index in [4.69, 9.17) is 0 Å². The highest BCUT2D eigenvalue weighted by molar-refractivity contribution is 9.10. The summed E-state index contributed by atoms with van der Waals surface area (Å²) in [5, 5.41) is 17.5. The molecule has 0 aliphatic heterocycles. The van der Waals surface area contributed by atoms with E-state index < -0.39 is 4.92 Å². The SMILES string of the molecule is Cc1nc(NCCn2cc([N+](=O)[O-])cn2)ccc1Br. The van der Waals surface area contributed by atoms with Gasteiger partial charge in [0.15, 0.2) is 0 Å². The Labute approximate surface area is 117 Å². The van der Waals surface area contributed by atoms with Crippen molar-refractivity contribution in [1.29, 1.82) is 0 Å². The molecule has 0 aliphatic carbocycles. The van der Waals surface area contributed by atoms with Crippen molar-refractivity contribution in [2.75, 3.05) is 11.9 Å². The van der Waals surface area contributed by atoms with Crippen LogP contribution in [0.25, 0.3) is 0 Å². The van der Waals surface area contributed by atoms with Gasteiger partial charge >= 0.3 is 5.69 Å². The molecular weight excluding hydrogens is 314 g/mol. The van der Waals surface area contributed by atoms with Crippen molar-refractivity contribution < 1.29 is 4.92 Å². The predicted octanol–water partition coefficient (Wildman–Crippen LogP) is 2.37. The summed E-state index contributed by atoms with van der Waals surface area (Å²) in [6, 6.07) is 3.78. The van der Waals surface area contributed by atoms with Crippen LogP contribution in [0.2, 0.25) is 0 Å². The molecule has 0 spiro atoms. The van der Waals surface area contributed by atoms with Gasteiger partial charge in [-0.3, -0.25) is 14.8 Å². The first-order valence-electron chi connectivity index (χ1n) is 5.60. The molecule has 0 aliphatic rings. The van der Waals surface area contributed by atoms with E-state index in [1.165, 1.54) is 17.1 Å². The Morgan fingerprint density at radius 1 is 1.53 bits per heavy atom. The number of hydrogen-bond acceptors (Lipinski definition) is 5. The molecular formula is C11H12BrN5O2. The Morgan fingerprint density at radius 3 is 2.95 bits per heavy atom. The predicted molar refractivity (Wildman–Crippen MR) is 74.0 cm³/mol.